The molecule has 0 bridgehead atoms. The summed E-state index contributed by atoms with van der Waals surface area (Å²) in [5.74, 6) is 0. The highest BCUT2D eigenvalue weighted by Gasteiger charge is 2.08. The molecule has 0 amide bonds. The highest BCUT2D eigenvalue weighted by molar-refractivity contribution is 8.13. The zero-order chi connectivity index (χ0) is 11.5. The Morgan fingerprint density at radius 3 is 2.56 bits per heavy atom. The fourth-order valence-corrected chi connectivity index (χ4v) is 2.12. The maximum Gasteiger partial charge on any atom is 0.160 e. The van der Waals surface area contributed by atoms with Gasteiger partial charge in [-0.25, -0.2) is 0 Å². The summed E-state index contributed by atoms with van der Waals surface area (Å²) >= 11 is 1.45. The van der Waals surface area contributed by atoms with Crippen molar-refractivity contribution in [3.05, 3.63) is 42.5 Å². The van der Waals surface area contributed by atoms with E-state index in [1.165, 1.54) is 22.5 Å². The van der Waals surface area contributed by atoms with Gasteiger partial charge in [0, 0.05) is 12.4 Å². The van der Waals surface area contributed by atoms with Crippen LogP contribution in [0.5, 0.6) is 0 Å². The number of hydrogen-bond donors (Lipinski definition) is 1. The number of nitrogens with zero attached hydrogens (tertiary/aromatic N) is 1. The number of hydrogen-bond acceptors (Lipinski definition) is 2. The normalized spacial score (nSPS) is 10.4. The second-order valence-electron chi connectivity index (χ2n) is 3.57. The van der Waals surface area contributed by atoms with Crippen LogP contribution in [0, 0.1) is 5.41 Å². The van der Waals surface area contributed by atoms with Gasteiger partial charge in [0.25, 0.3) is 0 Å². The van der Waals surface area contributed by atoms with Crippen molar-refractivity contribution in [2.75, 3.05) is 18.2 Å². The zero-order valence-corrected chi connectivity index (χ0v) is 10.2. The van der Waals surface area contributed by atoms with Crippen LogP contribution in [-0.2, 0) is 0 Å². The Labute approximate surface area is 99.8 Å². The average Bonchev–Trinajstić information content (AvgIpc) is 2.36. The van der Waals surface area contributed by atoms with Crippen LogP contribution < -0.4 is 4.90 Å². The Balaban J connectivity index is 2.56. The van der Waals surface area contributed by atoms with Gasteiger partial charge in [-0.05, 0) is 17.7 Å². The second kappa shape index (κ2) is 4.58. The lowest BCUT2D eigenvalue weighted by atomic mass is 10.1. The van der Waals surface area contributed by atoms with Gasteiger partial charge >= 0.3 is 0 Å². The summed E-state index contributed by atoms with van der Waals surface area (Å²) in [7, 11) is 1.93. The lowest BCUT2D eigenvalue weighted by Crippen LogP contribution is -2.22. The van der Waals surface area contributed by atoms with Gasteiger partial charge in [-0.2, -0.15) is 0 Å². The number of thioether (sulfide) groups is 1. The van der Waals surface area contributed by atoms with Crippen molar-refractivity contribution in [1.29, 1.82) is 5.41 Å². The lowest BCUT2D eigenvalue weighted by molar-refractivity contribution is 1.27. The maximum absolute atomic E-state index is 7.84. The topological polar surface area (TPSA) is 27.1 Å². The first-order valence-corrected chi connectivity index (χ1v) is 6.30. The molecule has 0 atom stereocenters. The van der Waals surface area contributed by atoms with Crippen LogP contribution in [0.4, 0.5) is 5.69 Å². The molecule has 2 aromatic carbocycles. The molecule has 3 heteroatoms. The van der Waals surface area contributed by atoms with E-state index in [2.05, 4.69) is 18.2 Å². The summed E-state index contributed by atoms with van der Waals surface area (Å²) in [6.45, 7) is 0. The standard InChI is InChI=1S/C13H14N2S/c1-15(13(14)16-2)12-9-5-7-10-6-3-4-8-11(10)12/h3-9,14H,1-2H3. The molecule has 0 aliphatic carbocycles. The van der Waals surface area contributed by atoms with Gasteiger partial charge < -0.3 is 4.90 Å². The van der Waals surface area contributed by atoms with Crippen molar-refractivity contribution in [3.63, 3.8) is 0 Å². The fraction of sp³-hybridized carbons (Fsp3) is 0.154. The van der Waals surface area contributed by atoms with Crippen LogP contribution in [0.2, 0.25) is 0 Å². The Hall–Kier alpha value is -1.48. The Morgan fingerprint density at radius 1 is 1.12 bits per heavy atom. The molecular formula is C13H14N2S. The minimum atomic E-state index is 0.552. The average molecular weight is 230 g/mol. The molecule has 2 rings (SSSR count). The minimum absolute atomic E-state index is 0.552. The van der Waals surface area contributed by atoms with Gasteiger partial charge in [-0.3, -0.25) is 5.41 Å². The van der Waals surface area contributed by atoms with Gasteiger partial charge in [-0.15, -0.1) is 0 Å². The quantitative estimate of drug-likeness (QED) is 0.599. The van der Waals surface area contributed by atoms with Crippen LogP contribution in [0.3, 0.4) is 0 Å². The number of anilines is 1. The molecule has 0 saturated carbocycles. The summed E-state index contributed by atoms with van der Waals surface area (Å²) in [4.78, 5) is 1.91. The number of benzene rings is 2. The van der Waals surface area contributed by atoms with E-state index in [4.69, 9.17) is 5.41 Å². The minimum Gasteiger partial charge on any atom is -0.324 e. The van der Waals surface area contributed by atoms with Gasteiger partial charge in [0.05, 0.1) is 5.69 Å². The van der Waals surface area contributed by atoms with Crippen LogP contribution in [0.25, 0.3) is 10.8 Å². The first kappa shape index (κ1) is 11.0. The summed E-state index contributed by atoms with van der Waals surface area (Å²) in [6.07, 6.45) is 1.92. The molecule has 0 unspecified atom stereocenters. The second-order valence-corrected chi connectivity index (χ2v) is 4.36. The van der Waals surface area contributed by atoms with E-state index in [1.54, 1.807) is 0 Å². The van der Waals surface area contributed by atoms with E-state index in [9.17, 15) is 0 Å². The molecule has 0 fully saturated rings. The molecule has 82 valence electrons. The van der Waals surface area contributed by atoms with E-state index < -0.39 is 0 Å². The fourth-order valence-electron chi connectivity index (χ4n) is 1.75. The molecule has 0 aliphatic rings. The molecule has 2 aromatic rings. The van der Waals surface area contributed by atoms with E-state index in [0.29, 0.717) is 5.17 Å². The Morgan fingerprint density at radius 2 is 1.81 bits per heavy atom. The van der Waals surface area contributed by atoms with Crippen molar-refractivity contribution < 1.29 is 0 Å². The predicted molar refractivity (Wildman–Crippen MR) is 73.6 cm³/mol. The molecule has 0 aliphatic heterocycles. The van der Waals surface area contributed by atoms with Crippen molar-refractivity contribution in [3.8, 4) is 0 Å². The number of fused-ring (bicyclic) bond motifs is 1. The van der Waals surface area contributed by atoms with Crippen molar-refractivity contribution in [2.45, 2.75) is 0 Å². The van der Waals surface area contributed by atoms with Crippen LogP contribution in [-0.4, -0.2) is 18.5 Å². The Kier molecular flexibility index (Phi) is 3.15. The summed E-state index contributed by atoms with van der Waals surface area (Å²) < 4.78 is 0. The third-order valence-electron chi connectivity index (χ3n) is 2.63. The third kappa shape index (κ3) is 1.91. The van der Waals surface area contributed by atoms with Crippen LogP contribution in [0.15, 0.2) is 42.5 Å². The molecule has 0 saturated heterocycles. The third-order valence-corrected chi connectivity index (χ3v) is 3.29. The van der Waals surface area contributed by atoms with Crippen molar-refractivity contribution in [2.24, 2.45) is 0 Å². The summed E-state index contributed by atoms with van der Waals surface area (Å²) in [6, 6.07) is 14.4. The predicted octanol–water partition coefficient (Wildman–Crippen LogP) is 3.57. The molecule has 0 heterocycles. The van der Waals surface area contributed by atoms with E-state index in [0.717, 1.165) is 5.69 Å². The molecule has 0 spiro atoms. The molecule has 1 N–H and O–H groups in total. The molecule has 0 radical (unpaired) electrons. The number of amidine groups is 1. The van der Waals surface area contributed by atoms with E-state index in [1.807, 2.05) is 42.5 Å². The number of rotatable bonds is 1. The van der Waals surface area contributed by atoms with Crippen LogP contribution in [0.1, 0.15) is 0 Å². The molecular weight excluding hydrogens is 216 g/mol. The first-order valence-electron chi connectivity index (χ1n) is 5.08. The summed E-state index contributed by atoms with van der Waals surface area (Å²) in [5, 5.41) is 10.8. The highest BCUT2D eigenvalue weighted by atomic mass is 32.2. The first-order chi connectivity index (χ1) is 7.74. The van der Waals surface area contributed by atoms with E-state index >= 15 is 0 Å². The van der Waals surface area contributed by atoms with Gasteiger partial charge in [0.15, 0.2) is 5.17 Å². The molecule has 16 heavy (non-hydrogen) atoms. The van der Waals surface area contributed by atoms with Gasteiger partial charge in [-0.1, -0.05) is 48.2 Å². The molecule has 0 aromatic heterocycles. The molecule has 2 nitrogen and oxygen atoms in total. The van der Waals surface area contributed by atoms with Gasteiger partial charge in [0.1, 0.15) is 0 Å². The monoisotopic (exact) mass is 230 g/mol. The number of nitrogens with one attached hydrogen (secondary N) is 1. The maximum atomic E-state index is 7.84. The Bertz CT molecular complexity index is 517. The van der Waals surface area contributed by atoms with Crippen molar-refractivity contribution >= 4 is 33.4 Å². The van der Waals surface area contributed by atoms with Gasteiger partial charge in [0.2, 0.25) is 0 Å². The van der Waals surface area contributed by atoms with E-state index in [-0.39, 0.29) is 0 Å². The van der Waals surface area contributed by atoms with Crippen LogP contribution >= 0.6 is 11.8 Å². The smallest absolute Gasteiger partial charge is 0.160 e. The zero-order valence-electron chi connectivity index (χ0n) is 9.40. The largest absolute Gasteiger partial charge is 0.324 e. The highest BCUT2D eigenvalue weighted by Crippen LogP contribution is 2.26. The summed E-state index contributed by atoms with van der Waals surface area (Å²) in [5.41, 5.74) is 1.08. The SMILES string of the molecule is CSC(=N)N(C)c1cccc2ccccc12. The lowest BCUT2D eigenvalue weighted by Gasteiger charge is -2.20. The van der Waals surface area contributed by atoms with Crippen molar-refractivity contribution in [1.82, 2.24) is 0 Å².